The van der Waals surface area contributed by atoms with Crippen molar-refractivity contribution in [2.45, 2.75) is 20.3 Å². The number of hydrogen-bond acceptors (Lipinski definition) is 3. The predicted octanol–water partition coefficient (Wildman–Crippen LogP) is 2.61. The number of aromatic nitrogens is 2. The van der Waals surface area contributed by atoms with Crippen molar-refractivity contribution in [3.63, 3.8) is 0 Å². The van der Waals surface area contributed by atoms with Crippen molar-refractivity contribution < 1.29 is 4.42 Å². The lowest BCUT2D eigenvalue weighted by Crippen LogP contribution is -1.86. The van der Waals surface area contributed by atoms with Crippen LogP contribution in [0, 0.1) is 6.92 Å². The summed E-state index contributed by atoms with van der Waals surface area (Å²) >= 11 is 0. The summed E-state index contributed by atoms with van der Waals surface area (Å²) in [5.74, 6) is 0.837. The molecule has 0 aliphatic carbocycles. The minimum atomic E-state index is 0.837. The molecule has 72 valence electrons. The molecule has 0 saturated carbocycles. The van der Waals surface area contributed by atoms with Crippen molar-refractivity contribution in [2.24, 2.45) is 0 Å². The van der Waals surface area contributed by atoms with Gasteiger partial charge in [-0.3, -0.25) is 4.98 Å². The van der Waals surface area contributed by atoms with Gasteiger partial charge in [0, 0.05) is 18.0 Å². The van der Waals surface area contributed by atoms with Gasteiger partial charge in [0.05, 0.1) is 5.69 Å². The van der Waals surface area contributed by atoms with Crippen LogP contribution < -0.4 is 0 Å². The van der Waals surface area contributed by atoms with Crippen molar-refractivity contribution in [2.75, 3.05) is 0 Å². The summed E-state index contributed by atoms with van der Waals surface area (Å²) in [6.45, 7) is 4.07. The molecule has 0 amide bonds. The van der Waals surface area contributed by atoms with Gasteiger partial charge in [0.15, 0.2) is 12.2 Å². The maximum absolute atomic E-state index is 5.35. The number of oxazole rings is 1. The van der Waals surface area contributed by atoms with Crippen molar-refractivity contribution in [1.29, 1.82) is 0 Å². The van der Waals surface area contributed by atoms with Crippen LogP contribution in [-0.2, 0) is 6.42 Å². The summed E-state index contributed by atoms with van der Waals surface area (Å²) in [6.07, 6.45) is 5.98. The molecular weight excluding hydrogens is 176 g/mol. The number of rotatable bonds is 2. The number of pyridine rings is 1. The molecule has 3 nitrogen and oxygen atoms in total. The average Bonchev–Trinajstić information content (AvgIpc) is 2.65. The van der Waals surface area contributed by atoms with Crippen molar-refractivity contribution in [3.8, 4) is 11.3 Å². The molecule has 2 rings (SSSR count). The van der Waals surface area contributed by atoms with Crippen LogP contribution in [0.5, 0.6) is 0 Å². The van der Waals surface area contributed by atoms with Crippen LogP contribution >= 0.6 is 0 Å². The second-order valence-electron chi connectivity index (χ2n) is 3.23. The summed E-state index contributed by atoms with van der Waals surface area (Å²) in [7, 11) is 0. The Labute approximate surface area is 82.8 Å². The summed E-state index contributed by atoms with van der Waals surface area (Å²) in [5, 5.41) is 0. The molecule has 0 spiro atoms. The van der Waals surface area contributed by atoms with Crippen LogP contribution in [0.3, 0.4) is 0 Å². The maximum atomic E-state index is 5.35. The minimum Gasteiger partial charge on any atom is -0.443 e. The van der Waals surface area contributed by atoms with Gasteiger partial charge in [-0.05, 0) is 25.0 Å². The molecule has 0 N–H and O–H groups in total. The zero-order valence-corrected chi connectivity index (χ0v) is 8.32. The van der Waals surface area contributed by atoms with Crippen LogP contribution in [0.1, 0.15) is 18.2 Å². The van der Waals surface area contributed by atoms with Crippen LogP contribution in [0.2, 0.25) is 0 Å². The Hall–Kier alpha value is -1.64. The highest BCUT2D eigenvalue weighted by molar-refractivity contribution is 5.59. The molecule has 2 aromatic heterocycles. The summed E-state index contributed by atoms with van der Waals surface area (Å²) in [4.78, 5) is 8.27. The van der Waals surface area contributed by atoms with Crippen LogP contribution in [0.15, 0.2) is 29.3 Å². The Morgan fingerprint density at radius 2 is 2.21 bits per heavy atom. The zero-order chi connectivity index (χ0) is 9.97. The van der Waals surface area contributed by atoms with Gasteiger partial charge in [0.2, 0.25) is 0 Å². The molecule has 0 unspecified atom stereocenters. The largest absolute Gasteiger partial charge is 0.443 e. The van der Waals surface area contributed by atoms with E-state index in [1.54, 1.807) is 6.20 Å². The third-order valence-electron chi connectivity index (χ3n) is 2.11. The monoisotopic (exact) mass is 188 g/mol. The fraction of sp³-hybridized carbons (Fsp3) is 0.273. The predicted molar refractivity (Wildman–Crippen MR) is 53.8 cm³/mol. The van der Waals surface area contributed by atoms with Gasteiger partial charge in [0.1, 0.15) is 0 Å². The third kappa shape index (κ3) is 1.53. The van der Waals surface area contributed by atoms with E-state index in [1.165, 1.54) is 6.39 Å². The maximum Gasteiger partial charge on any atom is 0.181 e. The fourth-order valence-electron chi connectivity index (χ4n) is 1.43. The quantitative estimate of drug-likeness (QED) is 0.727. The Morgan fingerprint density at radius 3 is 2.93 bits per heavy atom. The van der Waals surface area contributed by atoms with Crippen LogP contribution in [0.25, 0.3) is 11.3 Å². The molecule has 0 fully saturated rings. The molecule has 14 heavy (non-hydrogen) atoms. The van der Waals surface area contributed by atoms with Crippen LogP contribution in [-0.4, -0.2) is 9.97 Å². The normalized spacial score (nSPS) is 10.4. The Bertz CT molecular complexity index is 434. The second-order valence-corrected chi connectivity index (χ2v) is 3.23. The molecular formula is C11H12N2O. The molecule has 0 atom stereocenters. The van der Waals surface area contributed by atoms with E-state index < -0.39 is 0 Å². The number of aryl methyl sites for hydroxylation is 2. The Balaban J connectivity index is 2.49. The van der Waals surface area contributed by atoms with E-state index in [1.807, 2.05) is 19.2 Å². The van der Waals surface area contributed by atoms with Gasteiger partial charge in [-0.15, -0.1) is 0 Å². The average molecular weight is 188 g/mol. The highest BCUT2D eigenvalue weighted by atomic mass is 16.3. The molecule has 2 aromatic rings. The third-order valence-corrected chi connectivity index (χ3v) is 2.11. The lowest BCUT2D eigenvalue weighted by molar-refractivity contribution is 0.570. The topological polar surface area (TPSA) is 38.9 Å². The molecule has 0 aromatic carbocycles. The lowest BCUT2D eigenvalue weighted by Gasteiger charge is -1.99. The Morgan fingerprint density at radius 1 is 1.36 bits per heavy atom. The minimum absolute atomic E-state index is 0.837. The highest BCUT2D eigenvalue weighted by Crippen LogP contribution is 2.22. The van der Waals surface area contributed by atoms with Crippen LogP contribution in [0.4, 0.5) is 0 Å². The first-order chi connectivity index (χ1) is 6.81. The molecule has 0 aliphatic rings. The van der Waals surface area contributed by atoms with E-state index in [9.17, 15) is 0 Å². The van der Waals surface area contributed by atoms with E-state index in [0.29, 0.717) is 0 Å². The van der Waals surface area contributed by atoms with Gasteiger partial charge < -0.3 is 4.42 Å². The van der Waals surface area contributed by atoms with E-state index >= 15 is 0 Å². The lowest BCUT2D eigenvalue weighted by atomic mass is 10.1. The smallest absolute Gasteiger partial charge is 0.181 e. The molecule has 2 heterocycles. The SMILES string of the molecule is CCc1ncoc1-c1cncc(C)c1. The van der Waals surface area contributed by atoms with Gasteiger partial charge in [-0.1, -0.05) is 6.92 Å². The van der Waals surface area contributed by atoms with E-state index in [0.717, 1.165) is 29.0 Å². The zero-order valence-electron chi connectivity index (χ0n) is 8.32. The molecule has 3 heteroatoms. The Kier molecular flexibility index (Phi) is 2.31. The van der Waals surface area contributed by atoms with Gasteiger partial charge in [-0.2, -0.15) is 0 Å². The first-order valence-electron chi connectivity index (χ1n) is 4.65. The highest BCUT2D eigenvalue weighted by Gasteiger charge is 2.08. The second kappa shape index (κ2) is 3.62. The van der Waals surface area contributed by atoms with Gasteiger partial charge in [0.25, 0.3) is 0 Å². The standard InChI is InChI=1S/C11H12N2O/c1-3-10-11(14-7-13-10)9-4-8(2)5-12-6-9/h4-7H,3H2,1-2H3. The fourth-order valence-corrected chi connectivity index (χ4v) is 1.43. The van der Waals surface area contributed by atoms with E-state index in [-0.39, 0.29) is 0 Å². The molecule has 0 radical (unpaired) electrons. The van der Waals surface area contributed by atoms with Crippen molar-refractivity contribution in [3.05, 3.63) is 36.1 Å². The van der Waals surface area contributed by atoms with Gasteiger partial charge >= 0.3 is 0 Å². The summed E-state index contributed by atoms with van der Waals surface area (Å²) in [5.41, 5.74) is 3.11. The summed E-state index contributed by atoms with van der Waals surface area (Å²) < 4.78 is 5.35. The summed E-state index contributed by atoms with van der Waals surface area (Å²) in [6, 6.07) is 2.05. The van der Waals surface area contributed by atoms with Gasteiger partial charge in [-0.25, -0.2) is 4.98 Å². The number of hydrogen-bond donors (Lipinski definition) is 0. The first kappa shape index (κ1) is 8.94. The van der Waals surface area contributed by atoms with E-state index in [2.05, 4.69) is 16.9 Å². The van der Waals surface area contributed by atoms with E-state index in [4.69, 9.17) is 4.42 Å². The first-order valence-corrected chi connectivity index (χ1v) is 4.65. The number of nitrogens with zero attached hydrogens (tertiary/aromatic N) is 2. The van der Waals surface area contributed by atoms with Crippen molar-refractivity contribution in [1.82, 2.24) is 9.97 Å². The van der Waals surface area contributed by atoms with Crippen molar-refractivity contribution >= 4 is 0 Å². The molecule has 0 saturated heterocycles. The molecule has 0 bridgehead atoms. The molecule has 0 aliphatic heterocycles.